The number of aryl methyl sites for hydroxylation is 1. The summed E-state index contributed by atoms with van der Waals surface area (Å²) in [5.41, 5.74) is 0.216. The first-order valence-corrected chi connectivity index (χ1v) is 13.1. The van der Waals surface area contributed by atoms with Gasteiger partial charge in [-0.05, 0) is 61.7 Å². The van der Waals surface area contributed by atoms with E-state index in [0.717, 1.165) is 30.4 Å². The number of fused-ring (bicyclic) bond motifs is 3. The zero-order valence-electron chi connectivity index (χ0n) is 21.6. The van der Waals surface area contributed by atoms with Gasteiger partial charge in [0.15, 0.2) is 5.78 Å². The molecule has 5 rings (SSSR count). The highest BCUT2D eigenvalue weighted by molar-refractivity contribution is 5.98. The molecule has 0 bridgehead atoms. The number of hydrogen-bond donors (Lipinski definition) is 1. The van der Waals surface area contributed by atoms with Gasteiger partial charge in [-0.25, -0.2) is 13.9 Å². The van der Waals surface area contributed by atoms with Crippen LogP contribution in [0.3, 0.4) is 0 Å². The third-order valence-corrected chi connectivity index (χ3v) is 7.13. The standard InChI is InChI=1S/C28H31N5O5/c1-3-15-31-26(36)22-14-11-19(25(35)29-20-7-5-4-6-8-20)16-23(22)33-27(31)30-32(28(33)37)17-24(34)18-9-12-21(38-2)13-10-18/h9-14,16,20H,3-8,15,17H2,1-2H3,(H,29,35). The first-order chi connectivity index (χ1) is 18.4. The molecule has 1 fully saturated rings. The molecule has 2 heterocycles. The Morgan fingerprint density at radius 1 is 1.03 bits per heavy atom. The molecule has 1 N–H and O–H groups in total. The van der Waals surface area contributed by atoms with Gasteiger partial charge in [0.2, 0.25) is 5.78 Å². The Labute approximate surface area is 218 Å². The third kappa shape index (κ3) is 4.73. The van der Waals surface area contributed by atoms with E-state index in [1.165, 1.54) is 22.5 Å². The smallest absolute Gasteiger partial charge is 0.352 e. The van der Waals surface area contributed by atoms with Gasteiger partial charge in [0.25, 0.3) is 11.5 Å². The topological polar surface area (TPSA) is 117 Å². The van der Waals surface area contributed by atoms with Crippen LogP contribution in [0.25, 0.3) is 16.7 Å². The van der Waals surface area contributed by atoms with E-state index in [0.29, 0.717) is 40.7 Å². The van der Waals surface area contributed by atoms with Gasteiger partial charge in [-0.1, -0.05) is 26.2 Å². The summed E-state index contributed by atoms with van der Waals surface area (Å²) in [5, 5.41) is 7.78. The summed E-state index contributed by atoms with van der Waals surface area (Å²) in [6.45, 7) is 1.98. The van der Waals surface area contributed by atoms with Crippen LogP contribution in [0.4, 0.5) is 0 Å². The highest BCUT2D eigenvalue weighted by Crippen LogP contribution is 2.19. The number of benzene rings is 2. The zero-order valence-corrected chi connectivity index (χ0v) is 21.6. The van der Waals surface area contributed by atoms with Gasteiger partial charge in [0.1, 0.15) is 12.3 Å². The van der Waals surface area contributed by atoms with Gasteiger partial charge in [0, 0.05) is 23.7 Å². The fourth-order valence-electron chi connectivity index (χ4n) is 5.10. The number of amides is 1. The first-order valence-electron chi connectivity index (χ1n) is 13.1. The Bertz CT molecular complexity index is 1620. The first kappa shape index (κ1) is 25.4. The number of rotatable bonds is 8. The van der Waals surface area contributed by atoms with Crippen molar-refractivity contribution < 1.29 is 14.3 Å². The van der Waals surface area contributed by atoms with Crippen LogP contribution in [0.1, 0.15) is 66.2 Å². The molecule has 198 valence electrons. The second-order valence-corrected chi connectivity index (χ2v) is 9.72. The van der Waals surface area contributed by atoms with Crippen molar-refractivity contribution in [2.75, 3.05) is 7.11 Å². The largest absolute Gasteiger partial charge is 0.497 e. The van der Waals surface area contributed by atoms with E-state index in [9.17, 15) is 19.2 Å². The van der Waals surface area contributed by atoms with Crippen molar-refractivity contribution in [3.05, 3.63) is 74.4 Å². The van der Waals surface area contributed by atoms with Gasteiger partial charge in [0.05, 0.1) is 18.0 Å². The summed E-state index contributed by atoms with van der Waals surface area (Å²) >= 11 is 0. The third-order valence-electron chi connectivity index (χ3n) is 7.13. The summed E-state index contributed by atoms with van der Waals surface area (Å²) in [6, 6.07) is 11.5. The second-order valence-electron chi connectivity index (χ2n) is 9.72. The number of ether oxygens (including phenoxy) is 1. The molecule has 0 atom stereocenters. The average Bonchev–Trinajstić information content (AvgIpc) is 3.26. The minimum Gasteiger partial charge on any atom is -0.497 e. The molecule has 0 aliphatic heterocycles. The van der Waals surface area contributed by atoms with E-state index in [2.05, 4.69) is 10.4 Å². The summed E-state index contributed by atoms with van der Waals surface area (Å²) in [4.78, 5) is 52.9. The molecule has 10 heteroatoms. The van der Waals surface area contributed by atoms with Crippen molar-refractivity contribution in [3.8, 4) is 5.75 Å². The molecular formula is C28H31N5O5. The molecule has 4 aromatic rings. The number of carbonyl (C=O) groups excluding carboxylic acids is 2. The molecule has 0 spiro atoms. The Morgan fingerprint density at radius 2 is 1.74 bits per heavy atom. The lowest BCUT2D eigenvalue weighted by Crippen LogP contribution is -2.36. The number of carbonyl (C=O) groups is 2. The molecule has 2 aromatic heterocycles. The summed E-state index contributed by atoms with van der Waals surface area (Å²) in [7, 11) is 1.54. The van der Waals surface area contributed by atoms with Gasteiger partial charge < -0.3 is 10.1 Å². The number of hydrogen-bond acceptors (Lipinski definition) is 6. The van der Waals surface area contributed by atoms with E-state index in [1.54, 1.807) is 42.5 Å². The average molecular weight is 518 g/mol. The number of aromatic nitrogens is 4. The van der Waals surface area contributed by atoms with Crippen molar-refractivity contribution in [1.82, 2.24) is 24.1 Å². The molecule has 10 nitrogen and oxygen atoms in total. The lowest BCUT2D eigenvalue weighted by atomic mass is 9.95. The van der Waals surface area contributed by atoms with Crippen LogP contribution in [-0.2, 0) is 13.1 Å². The Balaban J connectivity index is 1.58. The maximum atomic E-state index is 13.6. The SMILES string of the molecule is CCCn1c(=O)c2ccc(C(=O)NC3CCCCC3)cc2n2c(=O)n(CC(=O)c3ccc(OC)cc3)nc12. The minimum atomic E-state index is -0.554. The van der Waals surface area contributed by atoms with E-state index in [-0.39, 0.29) is 35.6 Å². The van der Waals surface area contributed by atoms with Crippen molar-refractivity contribution in [3.63, 3.8) is 0 Å². The van der Waals surface area contributed by atoms with Crippen molar-refractivity contribution in [2.24, 2.45) is 0 Å². The van der Waals surface area contributed by atoms with Crippen molar-refractivity contribution in [2.45, 2.75) is 64.6 Å². The maximum Gasteiger partial charge on any atom is 0.352 e. The van der Waals surface area contributed by atoms with Crippen molar-refractivity contribution in [1.29, 1.82) is 0 Å². The lowest BCUT2D eigenvalue weighted by molar-refractivity contribution is 0.0926. The Kier molecular flexibility index (Phi) is 7.13. The molecular weight excluding hydrogens is 486 g/mol. The molecule has 1 aliphatic carbocycles. The molecule has 0 unspecified atom stereocenters. The highest BCUT2D eigenvalue weighted by atomic mass is 16.5. The normalized spacial score (nSPS) is 14.2. The predicted octanol–water partition coefficient (Wildman–Crippen LogP) is 3.17. The Morgan fingerprint density at radius 3 is 2.42 bits per heavy atom. The maximum absolute atomic E-state index is 13.6. The van der Waals surface area contributed by atoms with Crippen LogP contribution in [0, 0.1) is 0 Å². The molecule has 2 aromatic carbocycles. The van der Waals surface area contributed by atoms with E-state index >= 15 is 0 Å². The molecule has 1 aliphatic rings. The molecule has 0 saturated heterocycles. The fourth-order valence-corrected chi connectivity index (χ4v) is 5.10. The van der Waals surface area contributed by atoms with E-state index < -0.39 is 5.69 Å². The zero-order chi connectivity index (χ0) is 26.8. The predicted molar refractivity (Wildman–Crippen MR) is 143 cm³/mol. The van der Waals surface area contributed by atoms with E-state index in [1.807, 2.05) is 6.92 Å². The number of Topliss-reactive ketones (excluding diaryl/α,β-unsaturated/α-hetero) is 1. The van der Waals surface area contributed by atoms with E-state index in [4.69, 9.17) is 4.74 Å². The summed E-state index contributed by atoms with van der Waals surface area (Å²) < 4.78 is 8.98. The lowest BCUT2D eigenvalue weighted by Gasteiger charge is -2.22. The Hall–Kier alpha value is -4.21. The minimum absolute atomic E-state index is 0.124. The van der Waals surface area contributed by atoms with Gasteiger partial charge in [-0.15, -0.1) is 5.10 Å². The summed E-state index contributed by atoms with van der Waals surface area (Å²) in [6.07, 6.45) is 5.89. The monoisotopic (exact) mass is 517 g/mol. The molecule has 0 radical (unpaired) electrons. The molecule has 1 amide bonds. The van der Waals surface area contributed by atoms with Gasteiger partial charge in [-0.3, -0.25) is 19.0 Å². The number of methoxy groups -OCH3 is 1. The number of ketones is 1. The molecule has 1 saturated carbocycles. The van der Waals surface area contributed by atoms with Crippen LogP contribution in [0.15, 0.2) is 52.1 Å². The number of nitrogens with one attached hydrogen (secondary N) is 1. The van der Waals surface area contributed by atoms with Crippen LogP contribution < -0.4 is 21.3 Å². The highest BCUT2D eigenvalue weighted by Gasteiger charge is 2.21. The van der Waals surface area contributed by atoms with Crippen LogP contribution in [0.5, 0.6) is 5.75 Å². The van der Waals surface area contributed by atoms with Crippen molar-refractivity contribution >= 4 is 28.4 Å². The molecule has 38 heavy (non-hydrogen) atoms. The van der Waals surface area contributed by atoms with Gasteiger partial charge in [-0.2, -0.15) is 0 Å². The summed E-state index contributed by atoms with van der Waals surface area (Å²) in [5.74, 6) is 0.214. The van der Waals surface area contributed by atoms with Gasteiger partial charge >= 0.3 is 5.69 Å². The van der Waals surface area contributed by atoms with Crippen LogP contribution in [-0.4, -0.2) is 43.6 Å². The fraction of sp³-hybridized carbons (Fsp3) is 0.393. The number of nitrogens with zero attached hydrogens (tertiary/aromatic N) is 4. The quantitative estimate of drug-likeness (QED) is 0.359. The van der Waals surface area contributed by atoms with Crippen LogP contribution in [0.2, 0.25) is 0 Å². The second kappa shape index (κ2) is 10.6. The van der Waals surface area contributed by atoms with Crippen LogP contribution >= 0.6 is 0 Å².